The maximum absolute atomic E-state index is 13.8. The van der Waals surface area contributed by atoms with Gasteiger partial charge >= 0.3 is 0 Å². The van der Waals surface area contributed by atoms with Gasteiger partial charge in [0.15, 0.2) is 10.6 Å². The smallest absolute Gasteiger partial charge is 0.271 e. The van der Waals surface area contributed by atoms with Crippen LogP contribution in [-0.2, 0) is 16.3 Å². The average molecular weight is 546 g/mol. The minimum Gasteiger partial charge on any atom is -0.504 e. The third-order valence-electron chi connectivity index (χ3n) is 6.83. The molecule has 0 aliphatic rings. The van der Waals surface area contributed by atoms with Crippen molar-refractivity contribution in [2.45, 2.75) is 63.7 Å². The second-order valence-corrected chi connectivity index (χ2v) is 11.7. The minimum atomic E-state index is -4.35. The standard InChI is InChI=1S/C31H35N3O4S/c1-6-8-11-27-28(34(7-2)24-18-20(3)17-21(4)19-24)29(35)30(31(36)33-27)39(37,38)25-14-12-23(13-15-25)26-10-9-16-32-22(26)5/h9-10,12-19H,6-8,11H2,1-5H3,(H2,33,35,36). The monoisotopic (exact) mass is 545 g/mol. The first-order valence-corrected chi connectivity index (χ1v) is 14.7. The first-order chi connectivity index (χ1) is 18.6. The molecule has 204 valence electrons. The quantitative estimate of drug-likeness (QED) is 0.252. The zero-order valence-electron chi connectivity index (χ0n) is 23.1. The van der Waals surface area contributed by atoms with E-state index in [-0.39, 0.29) is 4.90 Å². The lowest BCUT2D eigenvalue weighted by Gasteiger charge is -2.28. The molecule has 0 bridgehead atoms. The number of sulfone groups is 1. The highest BCUT2D eigenvalue weighted by Gasteiger charge is 2.31. The summed E-state index contributed by atoms with van der Waals surface area (Å²) in [5, 5.41) is 11.6. The maximum atomic E-state index is 13.8. The summed E-state index contributed by atoms with van der Waals surface area (Å²) in [7, 11) is -4.35. The van der Waals surface area contributed by atoms with Gasteiger partial charge in [-0.25, -0.2) is 8.42 Å². The number of nitrogens with zero attached hydrogens (tertiary/aromatic N) is 2. The van der Waals surface area contributed by atoms with Crippen molar-refractivity contribution in [2.75, 3.05) is 11.4 Å². The molecule has 2 aromatic carbocycles. The highest BCUT2D eigenvalue weighted by Crippen LogP contribution is 2.40. The molecule has 0 spiro atoms. The van der Waals surface area contributed by atoms with Gasteiger partial charge in [0.2, 0.25) is 9.84 Å². The molecule has 4 rings (SSSR count). The van der Waals surface area contributed by atoms with Gasteiger partial charge in [-0.3, -0.25) is 9.78 Å². The minimum absolute atomic E-state index is 0.0738. The van der Waals surface area contributed by atoms with Crippen molar-refractivity contribution in [3.63, 3.8) is 0 Å². The highest BCUT2D eigenvalue weighted by atomic mass is 32.2. The lowest BCUT2D eigenvalue weighted by Crippen LogP contribution is -2.25. The Morgan fingerprint density at radius 2 is 1.64 bits per heavy atom. The molecule has 0 atom stereocenters. The molecule has 0 saturated heterocycles. The first-order valence-electron chi connectivity index (χ1n) is 13.2. The Morgan fingerprint density at radius 3 is 2.23 bits per heavy atom. The van der Waals surface area contributed by atoms with E-state index in [1.54, 1.807) is 18.3 Å². The van der Waals surface area contributed by atoms with E-state index in [0.29, 0.717) is 24.3 Å². The van der Waals surface area contributed by atoms with Gasteiger partial charge in [0, 0.05) is 35.4 Å². The van der Waals surface area contributed by atoms with Crippen LogP contribution in [0, 0.1) is 20.8 Å². The Morgan fingerprint density at radius 1 is 0.974 bits per heavy atom. The molecule has 0 saturated carbocycles. The van der Waals surface area contributed by atoms with Gasteiger partial charge in [-0.1, -0.05) is 37.6 Å². The molecule has 0 radical (unpaired) electrons. The van der Waals surface area contributed by atoms with E-state index in [1.165, 1.54) is 12.1 Å². The normalized spacial score (nSPS) is 11.5. The van der Waals surface area contributed by atoms with E-state index < -0.39 is 26.0 Å². The third-order valence-corrected chi connectivity index (χ3v) is 8.64. The van der Waals surface area contributed by atoms with Gasteiger partial charge in [-0.15, -0.1) is 0 Å². The van der Waals surface area contributed by atoms with E-state index in [1.807, 2.05) is 63.8 Å². The molecular formula is C31H35N3O4S. The van der Waals surface area contributed by atoms with Crippen LogP contribution in [0.15, 0.2) is 75.4 Å². The summed E-state index contributed by atoms with van der Waals surface area (Å²) >= 11 is 0. The Hall–Kier alpha value is -3.91. The molecule has 0 unspecified atom stereocenters. The number of aromatic amines is 1. The maximum Gasteiger partial charge on any atom is 0.271 e. The number of hydrogen-bond donors (Lipinski definition) is 2. The van der Waals surface area contributed by atoms with Crippen molar-refractivity contribution in [1.82, 2.24) is 9.97 Å². The molecule has 4 aromatic rings. The molecule has 2 aromatic heterocycles. The van der Waals surface area contributed by atoms with Crippen LogP contribution < -0.4 is 10.5 Å². The fraction of sp³-hybridized carbons (Fsp3) is 0.290. The summed E-state index contributed by atoms with van der Waals surface area (Å²) in [6.45, 7) is 10.3. The zero-order valence-corrected chi connectivity index (χ0v) is 23.9. The largest absolute Gasteiger partial charge is 0.504 e. The first kappa shape index (κ1) is 28.1. The van der Waals surface area contributed by atoms with Crippen LogP contribution in [0.25, 0.3) is 11.1 Å². The lowest BCUT2D eigenvalue weighted by molar-refractivity contribution is 0.454. The van der Waals surface area contributed by atoms with E-state index in [2.05, 4.69) is 16.0 Å². The number of rotatable bonds is 9. The molecule has 39 heavy (non-hydrogen) atoms. The molecule has 2 N–H and O–H groups in total. The Balaban J connectivity index is 1.89. The van der Waals surface area contributed by atoms with Crippen LogP contribution >= 0.6 is 0 Å². The summed E-state index contributed by atoms with van der Waals surface area (Å²) in [6.07, 6.45) is 3.84. The van der Waals surface area contributed by atoms with Crippen molar-refractivity contribution >= 4 is 21.2 Å². The molecule has 7 nitrogen and oxygen atoms in total. The lowest BCUT2D eigenvalue weighted by atomic mass is 10.1. The molecule has 2 heterocycles. The summed E-state index contributed by atoms with van der Waals surface area (Å²) in [6, 6.07) is 16.0. The Bertz CT molecular complexity index is 1640. The number of benzene rings is 2. The van der Waals surface area contributed by atoms with Crippen molar-refractivity contribution in [2.24, 2.45) is 0 Å². The number of pyridine rings is 2. The fourth-order valence-electron chi connectivity index (χ4n) is 4.98. The number of anilines is 2. The second kappa shape index (κ2) is 11.5. The van der Waals surface area contributed by atoms with Crippen LogP contribution in [0.3, 0.4) is 0 Å². The summed E-state index contributed by atoms with van der Waals surface area (Å²) in [5.74, 6) is -0.530. The molecular weight excluding hydrogens is 510 g/mol. The van der Waals surface area contributed by atoms with E-state index >= 15 is 0 Å². The SMILES string of the molecule is CCCCc1[nH]c(=O)c(S(=O)(=O)c2ccc(-c3cccnc3C)cc2)c(O)c1N(CC)c1cc(C)cc(C)c1. The van der Waals surface area contributed by atoms with Crippen LogP contribution in [0.5, 0.6) is 5.75 Å². The predicted octanol–water partition coefficient (Wildman–Crippen LogP) is 6.40. The van der Waals surface area contributed by atoms with Crippen molar-refractivity contribution in [1.29, 1.82) is 0 Å². The van der Waals surface area contributed by atoms with Gasteiger partial charge in [-0.2, -0.15) is 0 Å². The number of hydrogen-bond acceptors (Lipinski definition) is 6. The van der Waals surface area contributed by atoms with Crippen molar-refractivity contribution in [3.8, 4) is 16.9 Å². The molecule has 0 aliphatic heterocycles. The summed E-state index contributed by atoms with van der Waals surface area (Å²) < 4.78 is 27.6. The number of aryl methyl sites for hydroxylation is 4. The number of aromatic hydroxyl groups is 1. The second-order valence-electron chi connectivity index (χ2n) is 9.82. The number of nitrogens with one attached hydrogen (secondary N) is 1. The number of H-pyrrole nitrogens is 1. The number of unbranched alkanes of at least 4 members (excludes halogenated alkanes) is 1. The van der Waals surface area contributed by atoms with E-state index in [0.717, 1.165) is 46.5 Å². The molecule has 0 fully saturated rings. The van der Waals surface area contributed by atoms with Crippen LogP contribution in [-0.4, -0.2) is 30.0 Å². The van der Waals surface area contributed by atoms with Crippen LogP contribution in [0.4, 0.5) is 11.4 Å². The van der Waals surface area contributed by atoms with Crippen molar-refractivity contribution in [3.05, 3.63) is 93.7 Å². The van der Waals surface area contributed by atoms with Gasteiger partial charge in [0.1, 0.15) is 5.69 Å². The summed E-state index contributed by atoms with van der Waals surface area (Å²) in [5.41, 5.74) is 5.41. The fourth-order valence-corrected chi connectivity index (χ4v) is 6.36. The van der Waals surface area contributed by atoms with Gasteiger partial charge in [0.05, 0.1) is 4.90 Å². The van der Waals surface area contributed by atoms with E-state index in [4.69, 9.17) is 0 Å². The predicted molar refractivity (Wildman–Crippen MR) is 156 cm³/mol. The number of aromatic nitrogens is 2. The van der Waals surface area contributed by atoms with Gasteiger partial charge < -0.3 is 15.0 Å². The Kier molecular flexibility index (Phi) is 8.25. The zero-order chi connectivity index (χ0) is 28.3. The molecule has 0 amide bonds. The molecule has 0 aliphatic carbocycles. The van der Waals surface area contributed by atoms with E-state index in [9.17, 15) is 18.3 Å². The Labute approximate surface area is 230 Å². The van der Waals surface area contributed by atoms with Crippen LogP contribution in [0.2, 0.25) is 0 Å². The third kappa shape index (κ3) is 5.61. The topological polar surface area (TPSA) is 103 Å². The molecule has 8 heteroatoms. The van der Waals surface area contributed by atoms with Gasteiger partial charge in [0.25, 0.3) is 5.56 Å². The van der Waals surface area contributed by atoms with Gasteiger partial charge in [-0.05, 0) is 87.6 Å². The average Bonchev–Trinajstić information content (AvgIpc) is 2.89. The highest BCUT2D eigenvalue weighted by molar-refractivity contribution is 7.91. The van der Waals surface area contributed by atoms with Crippen LogP contribution in [0.1, 0.15) is 49.2 Å². The summed E-state index contributed by atoms with van der Waals surface area (Å²) in [4.78, 5) is 21.5. The van der Waals surface area contributed by atoms with Crippen molar-refractivity contribution < 1.29 is 13.5 Å².